The Morgan fingerprint density at radius 2 is 1.85 bits per heavy atom. The van der Waals surface area contributed by atoms with Crippen LogP contribution in [0, 0.1) is 0 Å². The predicted molar refractivity (Wildman–Crippen MR) is 101 cm³/mol. The van der Waals surface area contributed by atoms with Crippen LogP contribution in [0.4, 0.5) is 0 Å². The first-order valence-electron chi connectivity index (χ1n) is 7.78. The van der Waals surface area contributed by atoms with Gasteiger partial charge in [0, 0.05) is 17.1 Å². The fourth-order valence-electron chi connectivity index (χ4n) is 1.89. The van der Waals surface area contributed by atoms with Crippen LogP contribution >= 0.6 is 11.6 Å². The number of hydrogen-bond acceptors (Lipinski definition) is 4. The molecule has 0 unspecified atom stereocenters. The van der Waals surface area contributed by atoms with Gasteiger partial charge in [0.2, 0.25) is 0 Å². The maximum Gasteiger partial charge on any atom is 0.329 e. The molecule has 0 saturated heterocycles. The third-order valence-corrected chi connectivity index (χ3v) is 3.59. The Labute approximate surface area is 156 Å². The van der Waals surface area contributed by atoms with Crippen molar-refractivity contribution in [2.75, 3.05) is 6.54 Å². The van der Waals surface area contributed by atoms with E-state index in [1.54, 1.807) is 24.3 Å². The lowest BCUT2D eigenvalue weighted by molar-refractivity contribution is -0.139. The number of carbonyl (C=O) groups excluding carboxylic acids is 2. The number of nitrogens with one attached hydrogen (secondary N) is 2. The number of hydrazone groups is 1. The van der Waals surface area contributed by atoms with Crippen molar-refractivity contribution < 1.29 is 14.3 Å². The van der Waals surface area contributed by atoms with Crippen LogP contribution < -0.4 is 15.5 Å². The van der Waals surface area contributed by atoms with Crippen molar-refractivity contribution in [3.05, 3.63) is 77.3 Å². The van der Waals surface area contributed by atoms with E-state index in [1.165, 1.54) is 12.3 Å². The van der Waals surface area contributed by atoms with Gasteiger partial charge in [-0.25, -0.2) is 5.43 Å². The molecule has 0 aromatic heterocycles. The van der Waals surface area contributed by atoms with E-state index in [1.807, 2.05) is 24.3 Å². The Morgan fingerprint density at radius 1 is 1.12 bits per heavy atom. The van der Waals surface area contributed by atoms with Gasteiger partial charge in [-0.05, 0) is 35.9 Å². The van der Waals surface area contributed by atoms with Crippen molar-refractivity contribution in [1.29, 1.82) is 0 Å². The molecule has 26 heavy (non-hydrogen) atoms. The molecule has 0 saturated carbocycles. The Hall–Kier alpha value is -3.12. The highest BCUT2D eigenvalue weighted by molar-refractivity contribution is 6.35. The van der Waals surface area contributed by atoms with Crippen molar-refractivity contribution in [1.82, 2.24) is 10.7 Å². The molecule has 0 aliphatic carbocycles. The summed E-state index contributed by atoms with van der Waals surface area (Å²) >= 11 is 6.08. The SMILES string of the molecule is C=CCNC(=O)C(=O)NN=Cc1ccc(OCc2ccccc2Cl)cc1. The summed E-state index contributed by atoms with van der Waals surface area (Å²) in [5.74, 6) is -0.942. The minimum Gasteiger partial charge on any atom is -0.489 e. The molecular weight excluding hydrogens is 354 g/mol. The lowest BCUT2D eigenvalue weighted by atomic mass is 10.2. The molecule has 0 aliphatic rings. The number of benzene rings is 2. The Balaban J connectivity index is 1.83. The van der Waals surface area contributed by atoms with Gasteiger partial charge < -0.3 is 10.1 Å². The van der Waals surface area contributed by atoms with E-state index in [0.29, 0.717) is 17.4 Å². The molecule has 0 aliphatic heterocycles. The van der Waals surface area contributed by atoms with E-state index in [4.69, 9.17) is 16.3 Å². The number of hydrogen-bond donors (Lipinski definition) is 2. The third-order valence-electron chi connectivity index (χ3n) is 3.23. The molecule has 6 nitrogen and oxygen atoms in total. The van der Waals surface area contributed by atoms with Gasteiger partial charge in [0.05, 0.1) is 6.21 Å². The summed E-state index contributed by atoms with van der Waals surface area (Å²) in [5.41, 5.74) is 3.78. The average molecular weight is 372 g/mol. The fourth-order valence-corrected chi connectivity index (χ4v) is 2.08. The van der Waals surface area contributed by atoms with Crippen molar-refractivity contribution in [2.24, 2.45) is 5.10 Å². The molecule has 0 spiro atoms. The smallest absolute Gasteiger partial charge is 0.329 e. The molecular formula is C19H18ClN3O3. The lowest BCUT2D eigenvalue weighted by Crippen LogP contribution is -2.37. The molecule has 0 atom stereocenters. The van der Waals surface area contributed by atoms with Crippen LogP contribution in [0.3, 0.4) is 0 Å². The zero-order valence-corrected chi connectivity index (χ0v) is 14.7. The Bertz CT molecular complexity index is 804. The van der Waals surface area contributed by atoms with Crippen LogP contribution in [0.25, 0.3) is 0 Å². The summed E-state index contributed by atoms with van der Waals surface area (Å²) in [5, 5.41) is 6.74. The van der Waals surface area contributed by atoms with Crippen LogP contribution in [-0.4, -0.2) is 24.6 Å². The van der Waals surface area contributed by atoms with Crippen molar-refractivity contribution in [3.8, 4) is 5.75 Å². The highest BCUT2D eigenvalue weighted by atomic mass is 35.5. The first-order chi connectivity index (χ1) is 12.6. The minimum atomic E-state index is -0.845. The Kier molecular flexibility index (Phi) is 7.39. The Morgan fingerprint density at radius 3 is 2.54 bits per heavy atom. The summed E-state index contributed by atoms with van der Waals surface area (Å²) in [4.78, 5) is 22.8. The molecule has 2 N–H and O–H groups in total. The highest BCUT2D eigenvalue weighted by Crippen LogP contribution is 2.18. The van der Waals surface area contributed by atoms with E-state index >= 15 is 0 Å². The molecule has 7 heteroatoms. The largest absolute Gasteiger partial charge is 0.489 e. The maximum atomic E-state index is 11.4. The van der Waals surface area contributed by atoms with Crippen molar-refractivity contribution in [3.63, 3.8) is 0 Å². The number of amides is 2. The number of nitrogens with zero attached hydrogens (tertiary/aromatic N) is 1. The molecule has 0 heterocycles. The van der Waals surface area contributed by atoms with Crippen LogP contribution in [0.15, 0.2) is 66.3 Å². The molecule has 2 aromatic rings. The zero-order valence-electron chi connectivity index (χ0n) is 13.9. The average Bonchev–Trinajstić information content (AvgIpc) is 2.66. The van der Waals surface area contributed by atoms with Gasteiger partial charge >= 0.3 is 11.8 Å². The molecule has 2 amide bonds. The first kappa shape index (κ1) is 19.2. The molecule has 2 aromatic carbocycles. The molecule has 0 bridgehead atoms. The van der Waals surface area contributed by atoms with E-state index in [-0.39, 0.29) is 6.54 Å². The van der Waals surface area contributed by atoms with Gasteiger partial charge in [-0.15, -0.1) is 6.58 Å². The first-order valence-corrected chi connectivity index (χ1v) is 8.16. The van der Waals surface area contributed by atoms with Gasteiger partial charge in [0.1, 0.15) is 12.4 Å². The van der Waals surface area contributed by atoms with Crippen LogP contribution in [0.2, 0.25) is 5.02 Å². The topological polar surface area (TPSA) is 79.8 Å². The zero-order chi connectivity index (χ0) is 18.8. The summed E-state index contributed by atoms with van der Waals surface area (Å²) < 4.78 is 5.68. The van der Waals surface area contributed by atoms with E-state index in [0.717, 1.165) is 11.1 Å². The van der Waals surface area contributed by atoms with Crippen LogP contribution in [-0.2, 0) is 16.2 Å². The second kappa shape index (κ2) is 10.0. The predicted octanol–water partition coefficient (Wildman–Crippen LogP) is 2.67. The fraction of sp³-hybridized carbons (Fsp3) is 0.105. The molecule has 134 valence electrons. The monoisotopic (exact) mass is 371 g/mol. The van der Waals surface area contributed by atoms with E-state index in [9.17, 15) is 9.59 Å². The van der Waals surface area contributed by atoms with Crippen LogP contribution in [0.1, 0.15) is 11.1 Å². The number of halogens is 1. The maximum absolute atomic E-state index is 11.4. The van der Waals surface area contributed by atoms with Gasteiger partial charge in [0.15, 0.2) is 0 Å². The quantitative estimate of drug-likeness (QED) is 0.340. The lowest BCUT2D eigenvalue weighted by Gasteiger charge is -2.07. The number of rotatable bonds is 7. The van der Waals surface area contributed by atoms with Gasteiger partial charge in [0.25, 0.3) is 0 Å². The summed E-state index contributed by atoms with van der Waals surface area (Å²) in [6.45, 7) is 4.02. The summed E-state index contributed by atoms with van der Waals surface area (Å²) in [6, 6.07) is 14.6. The van der Waals surface area contributed by atoms with Crippen molar-refractivity contribution >= 4 is 29.6 Å². The molecule has 0 radical (unpaired) electrons. The normalized spacial score (nSPS) is 10.3. The van der Waals surface area contributed by atoms with Crippen LogP contribution in [0.5, 0.6) is 5.75 Å². The second-order valence-electron chi connectivity index (χ2n) is 5.15. The number of carbonyl (C=O) groups is 2. The van der Waals surface area contributed by atoms with Gasteiger partial charge in [-0.1, -0.05) is 35.9 Å². The number of ether oxygens (including phenoxy) is 1. The van der Waals surface area contributed by atoms with Gasteiger partial charge in [-0.2, -0.15) is 5.10 Å². The highest BCUT2D eigenvalue weighted by Gasteiger charge is 2.10. The minimum absolute atomic E-state index is 0.214. The van der Waals surface area contributed by atoms with E-state index in [2.05, 4.69) is 22.4 Å². The summed E-state index contributed by atoms with van der Waals surface area (Å²) in [7, 11) is 0. The molecule has 2 rings (SSSR count). The van der Waals surface area contributed by atoms with Crippen molar-refractivity contribution in [2.45, 2.75) is 6.61 Å². The summed E-state index contributed by atoms with van der Waals surface area (Å²) in [6.07, 6.45) is 2.90. The standard InChI is InChI=1S/C19H18ClN3O3/c1-2-11-21-18(24)19(25)23-22-12-14-7-9-16(10-8-14)26-13-15-5-3-4-6-17(15)20/h2-10,12H,1,11,13H2,(H,21,24)(H,23,25). The molecule has 0 fully saturated rings. The third kappa shape index (κ3) is 6.07. The van der Waals surface area contributed by atoms with Gasteiger partial charge in [-0.3, -0.25) is 9.59 Å². The second-order valence-corrected chi connectivity index (χ2v) is 5.55. The van der Waals surface area contributed by atoms with E-state index < -0.39 is 11.8 Å².